The van der Waals surface area contributed by atoms with E-state index in [2.05, 4.69) is 6.92 Å². The first-order chi connectivity index (χ1) is 13.0. The first kappa shape index (κ1) is 19.9. The number of nitrogens with zero attached hydrogens (tertiary/aromatic N) is 2. The monoisotopic (exact) mass is 370 g/mol. The van der Waals surface area contributed by atoms with Gasteiger partial charge in [0.2, 0.25) is 5.91 Å². The second-order valence-corrected chi connectivity index (χ2v) is 8.46. The summed E-state index contributed by atoms with van der Waals surface area (Å²) in [5, 5.41) is 0. The number of hydrogen-bond donors (Lipinski definition) is 0. The lowest BCUT2D eigenvalue weighted by Crippen LogP contribution is -2.47. The van der Waals surface area contributed by atoms with Crippen LogP contribution in [0.1, 0.15) is 83.2 Å². The number of carbonyl (C=O) groups is 2. The van der Waals surface area contributed by atoms with E-state index in [9.17, 15) is 9.59 Å². The molecule has 2 aliphatic rings. The fourth-order valence-electron chi connectivity index (χ4n) is 4.95. The molecule has 1 aromatic carbocycles. The van der Waals surface area contributed by atoms with Gasteiger partial charge in [0, 0.05) is 12.5 Å². The number of likely N-dealkylation sites (N-methyl/N-ethyl adjacent to an activating group) is 1. The van der Waals surface area contributed by atoms with Crippen molar-refractivity contribution in [1.82, 2.24) is 9.80 Å². The van der Waals surface area contributed by atoms with Crippen LogP contribution in [-0.4, -0.2) is 34.8 Å². The summed E-state index contributed by atoms with van der Waals surface area (Å²) in [6.45, 7) is 4.24. The van der Waals surface area contributed by atoms with E-state index in [4.69, 9.17) is 0 Å². The molecule has 2 fully saturated rings. The van der Waals surface area contributed by atoms with Crippen molar-refractivity contribution in [2.24, 2.45) is 5.41 Å². The Morgan fingerprint density at radius 3 is 2.41 bits per heavy atom. The maximum atomic E-state index is 13.9. The van der Waals surface area contributed by atoms with Crippen molar-refractivity contribution < 1.29 is 9.59 Å². The van der Waals surface area contributed by atoms with Crippen LogP contribution in [0.5, 0.6) is 0 Å². The largest absolute Gasteiger partial charge is 0.327 e. The van der Waals surface area contributed by atoms with Crippen LogP contribution in [0.2, 0.25) is 0 Å². The summed E-state index contributed by atoms with van der Waals surface area (Å²) in [4.78, 5) is 30.3. The van der Waals surface area contributed by atoms with Crippen LogP contribution in [0.4, 0.5) is 4.79 Å². The molecule has 1 aromatic rings. The minimum atomic E-state index is -0.346. The molecule has 4 nitrogen and oxygen atoms in total. The number of carbonyl (C=O) groups excluding carboxylic acids is 2. The van der Waals surface area contributed by atoms with Gasteiger partial charge in [0.25, 0.3) is 0 Å². The molecule has 0 N–H and O–H groups in total. The molecule has 1 aliphatic heterocycles. The lowest BCUT2D eigenvalue weighted by Gasteiger charge is -2.39. The third kappa shape index (κ3) is 3.76. The van der Waals surface area contributed by atoms with E-state index in [0.29, 0.717) is 0 Å². The topological polar surface area (TPSA) is 40.6 Å². The molecule has 0 radical (unpaired) electrons. The summed E-state index contributed by atoms with van der Waals surface area (Å²) in [6.07, 6.45) is 9.56. The molecule has 0 bridgehead atoms. The minimum absolute atomic E-state index is 0.0138. The Labute approximate surface area is 163 Å². The second kappa shape index (κ2) is 8.45. The lowest BCUT2D eigenvalue weighted by molar-refractivity contribution is -0.143. The third-order valence-corrected chi connectivity index (χ3v) is 6.74. The normalized spacial score (nSPS) is 25.1. The summed E-state index contributed by atoms with van der Waals surface area (Å²) >= 11 is 0. The van der Waals surface area contributed by atoms with Crippen molar-refractivity contribution in [2.45, 2.75) is 83.7 Å². The maximum absolute atomic E-state index is 13.9. The van der Waals surface area contributed by atoms with E-state index in [1.54, 1.807) is 9.80 Å². The number of imide groups is 1. The fourth-order valence-corrected chi connectivity index (χ4v) is 4.95. The summed E-state index contributed by atoms with van der Waals surface area (Å²) in [5.41, 5.74) is 0.705. The van der Waals surface area contributed by atoms with Crippen molar-refractivity contribution in [3.8, 4) is 0 Å². The molecule has 0 spiro atoms. The fraction of sp³-hybridized carbons (Fsp3) is 0.652. The number of hydrogen-bond acceptors (Lipinski definition) is 2. The van der Waals surface area contributed by atoms with E-state index in [0.717, 1.165) is 56.9 Å². The van der Waals surface area contributed by atoms with Gasteiger partial charge in [-0.25, -0.2) is 4.79 Å². The van der Waals surface area contributed by atoms with Crippen molar-refractivity contribution >= 4 is 11.9 Å². The van der Waals surface area contributed by atoms with Gasteiger partial charge in [-0.2, -0.15) is 0 Å². The molecule has 27 heavy (non-hydrogen) atoms. The van der Waals surface area contributed by atoms with Crippen LogP contribution >= 0.6 is 0 Å². The van der Waals surface area contributed by atoms with Gasteiger partial charge in [-0.05, 0) is 31.7 Å². The van der Waals surface area contributed by atoms with Gasteiger partial charge in [0.15, 0.2) is 0 Å². The number of unbranched alkanes of at least 4 members (excludes halogenated alkanes) is 2. The predicted octanol–water partition coefficient (Wildman–Crippen LogP) is 5.54. The Hall–Kier alpha value is -1.84. The van der Waals surface area contributed by atoms with Gasteiger partial charge in [-0.15, -0.1) is 0 Å². The molecule has 1 heterocycles. The number of rotatable bonds is 6. The summed E-state index contributed by atoms with van der Waals surface area (Å²) in [7, 11) is 1.82. The Bertz CT molecular complexity index is 652. The molecule has 1 saturated carbocycles. The third-order valence-electron chi connectivity index (χ3n) is 6.74. The van der Waals surface area contributed by atoms with Crippen LogP contribution in [-0.2, 0) is 4.79 Å². The predicted molar refractivity (Wildman–Crippen MR) is 108 cm³/mol. The standard InChI is InChI=1S/C23H34N2O2/c1-4-5-10-15-23(16-11-7-12-17-23)21(26)25-20(18(2)24(3)22(25)27)19-13-8-6-9-14-19/h6,8-9,13-14,18,20H,4-5,7,10-12,15-17H2,1-3H3. The summed E-state index contributed by atoms with van der Waals surface area (Å²) in [5.74, 6) is 0.0772. The average molecular weight is 371 g/mol. The minimum Gasteiger partial charge on any atom is -0.322 e. The molecule has 3 amide bonds. The molecular weight excluding hydrogens is 336 g/mol. The highest BCUT2D eigenvalue weighted by molar-refractivity contribution is 5.99. The molecule has 1 saturated heterocycles. The smallest absolute Gasteiger partial charge is 0.322 e. The first-order valence-corrected chi connectivity index (χ1v) is 10.7. The number of urea groups is 1. The van der Waals surface area contributed by atoms with Gasteiger partial charge in [-0.3, -0.25) is 9.69 Å². The Balaban J connectivity index is 1.94. The zero-order valence-electron chi connectivity index (χ0n) is 17.1. The molecule has 2 atom stereocenters. The van der Waals surface area contributed by atoms with Crippen LogP contribution in [0, 0.1) is 5.41 Å². The highest BCUT2D eigenvalue weighted by Crippen LogP contribution is 2.46. The lowest BCUT2D eigenvalue weighted by atomic mass is 9.69. The van der Waals surface area contributed by atoms with E-state index in [-0.39, 0.29) is 29.4 Å². The van der Waals surface area contributed by atoms with Crippen LogP contribution in [0.25, 0.3) is 0 Å². The van der Waals surface area contributed by atoms with Gasteiger partial charge in [-0.1, -0.05) is 75.8 Å². The molecule has 4 heteroatoms. The molecule has 1 aliphatic carbocycles. The summed E-state index contributed by atoms with van der Waals surface area (Å²) < 4.78 is 0. The van der Waals surface area contributed by atoms with Crippen LogP contribution in [0.3, 0.4) is 0 Å². The zero-order chi connectivity index (χ0) is 19.4. The Morgan fingerprint density at radius 1 is 1.11 bits per heavy atom. The van der Waals surface area contributed by atoms with E-state index >= 15 is 0 Å². The SMILES string of the molecule is CCCCCC1(C(=O)N2C(=O)N(C)C(C)C2c2ccccc2)CCCCC1. The van der Waals surface area contributed by atoms with E-state index < -0.39 is 0 Å². The van der Waals surface area contributed by atoms with Gasteiger partial charge in [0.1, 0.15) is 0 Å². The van der Waals surface area contributed by atoms with Crippen molar-refractivity contribution in [1.29, 1.82) is 0 Å². The maximum Gasteiger partial charge on any atom is 0.327 e. The quantitative estimate of drug-likeness (QED) is 0.617. The number of amides is 3. The van der Waals surface area contributed by atoms with E-state index in [1.165, 1.54) is 6.42 Å². The molecule has 2 unspecified atom stereocenters. The van der Waals surface area contributed by atoms with Crippen molar-refractivity contribution in [3.63, 3.8) is 0 Å². The molecule has 0 aromatic heterocycles. The van der Waals surface area contributed by atoms with E-state index in [1.807, 2.05) is 44.3 Å². The highest BCUT2D eigenvalue weighted by Gasteiger charge is 2.51. The van der Waals surface area contributed by atoms with Gasteiger partial charge >= 0.3 is 6.03 Å². The zero-order valence-corrected chi connectivity index (χ0v) is 17.1. The van der Waals surface area contributed by atoms with Gasteiger partial charge < -0.3 is 4.90 Å². The molecular formula is C23H34N2O2. The summed E-state index contributed by atoms with van der Waals surface area (Å²) in [6, 6.07) is 9.70. The van der Waals surface area contributed by atoms with Crippen molar-refractivity contribution in [2.75, 3.05) is 7.05 Å². The van der Waals surface area contributed by atoms with Crippen LogP contribution < -0.4 is 0 Å². The van der Waals surface area contributed by atoms with Gasteiger partial charge in [0.05, 0.1) is 12.1 Å². The first-order valence-electron chi connectivity index (χ1n) is 10.7. The molecule has 3 rings (SSSR count). The molecule has 148 valence electrons. The average Bonchev–Trinajstić information content (AvgIpc) is 2.93. The van der Waals surface area contributed by atoms with Crippen LogP contribution in [0.15, 0.2) is 30.3 Å². The van der Waals surface area contributed by atoms with Crippen molar-refractivity contribution in [3.05, 3.63) is 35.9 Å². The Morgan fingerprint density at radius 2 is 1.78 bits per heavy atom. The number of benzene rings is 1. The Kier molecular flexibility index (Phi) is 6.23. The second-order valence-electron chi connectivity index (χ2n) is 8.46. The highest BCUT2D eigenvalue weighted by atomic mass is 16.2.